The number of hydrogen-bond donors (Lipinski definition) is 1. The van der Waals surface area contributed by atoms with Crippen molar-refractivity contribution < 1.29 is 21.6 Å². The smallest absolute Gasteiger partial charge is 0.317 e. The lowest BCUT2D eigenvalue weighted by molar-refractivity contribution is 0.164. The van der Waals surface area contributed by atoms with Gasteiger partial charge in [-0.15, -0.1) is 0 Å². The highest BCUT2D eigenvalue weighted by molar-refractivity contribution is 7.89. The second-order valence-corrected chi connectivity index (χ2v) is 10.8. The zero-order valence-corrected chi connectivity index (χ0v) is 16.5. The van der Waals surface area contributed by atoms with E-state index in [1.54, 1.807) is 18.7 Å². The fourth-order valence-electron chi connectivity index (χ4n) is 3.08. The van der Waals surface area contributed by atoms with E-state index in [4.69, 9.17) is 0 Å². The standard InChI is InChI=1S/C14H28N4O5S2/c1-3-24(20,21)17-7-5-13(6-8-17)15-14(19)16-9-11-18(12-10-16)25(22,23)4-2/h13H,3-12H2,1-2H3,(H,15,19). The maximum atomic E-state index is 12.3. The summed E-state index contributed by atoms with van der Waals surface area (Å²) in [6.45, 7) is 5.45. The number of sulfonamides is 2. The number of nitrogens with one attached hydrogen (secondary N) is 1. The van der Waals surface area contributed by atoms with Gasteiger partial charge < -0.3 is 10.2 Å². The third kappa shape index (κ3) is 5.05. The molecule has 0 unspecified atom stereocenters. The summed E-state index contributed by atoms with van der Waals surface area (Å²) in [6.07, 6.45) is 1.18. The molecule has 0 saturated carbocycles. The van der Waals surface area contributed by atoms with Gasteiger partial charge in [-0.25, -0.2) is 25.9 Å². The summed E-state index contributed by atoms with van der Waals surface area (Å²) in [7, 11) is -6.38. The fourth-order valence-corrected chi connectivity index (χ4v) is 5.30. The third-order valence-corrected chi connectivity index (χ3v) is 8.59. The normalized spacial score (nSPS) is 22.1. The van der Waals surface area contributed by atoms with E-state index in [0.717, 1.165) is 0 Å². The van der Waals surface area contributed by atoms with Crippen molar-refractivity contribution in [2.75, 3.05) is 50.8 Å². The quantitative estimate of drug-likeness (QED) is 0.673. The summed E-state index contributed by atoms with van der Waals surface area (Å²) in [5.41, 5.74) is 0. The topological polar surface area (TPSA) is 107 Å². The van der Waals surface area contributed by atoms with Crippen molar-refractivity contribution in [1.82, 2.24) is 18.8 Å². The maximum absolute atomic E-state index is 12.3. The Morgan fingerprint density at radius 1 is 0.840 bits per heavy atom. The molecule has 0 aromatic carbocycles. The lowest BCUT2D eigenvalue weighted by Crippen LogP contribution is -2.56. The molecule has 11 heteroatoms. The van der Waals surface area contributed by atoms with E-state index in [1.165, 1.54) is 8.61 Å². The van der Waals surface area contributed by atoms with Crippen molar-refractivity contribution in [3.05, 3.63) is 0 Å². The summed E-state index contributed by atoms with van der Waals surface area (Å²) in [5, 5.41) is 2.94. The molecule has 2 aliphatic heterocycles. The number of urea groups is 1. The minimum Gasteiger partial charge on any atom is -0.335 e. The number of carbonyl (C=O) groups excluding carboxylic acids is 1. The Hall–Kier alpha value is -0.910. The molecular formula is C14H28N4O5S2. The van der Waals surface area contributed by atoms with Crippen LogP contribution in [-0.4, -0.2) is 93.2 Å². The number of hydrogen-bond acceptors (Lipinski definition) is 5. The highest BCUT2D eigenvalue weighted by Crippen LogP contribution is 2.15. The molecule has 2 fully saturated rings. The minimum atomic E-state index is -3.21. The van der Waals surface area contributed by atoms with Crippen LogP contribution in [0.1, 0.15) is 26.7 Å². The monoisotopic (exact) mass is 396 g/mol. The van der Waals surface area contributed by atoms with Gasteiger partial charge in [0.1, 0.15) is 0 Å². The van der Waals surface area contributed by atoms with Crippen LogP contribution in [0.25, 0.3) is 0 Å². The Labute approximate surface area is 150 Å². The summed E-state index contributed by atoms with van der Waals surface area (Å²) in [5.74, 6) is 0.160. The third-order valence-electron chi connectivity index (χ3n) is 4.82. The molecule has 0 radical (unpaired) electrons. The van der Waals surface area contributed by atoms with Crippen LogP contribution in [0.2, 0.25) is 0 Å². The zero-order chi connectivity index (χ0) is 18.7. The van der Waals surface area contributed by atoms with Crippen molar-refractivity contribution in [2.45, 2.75) is 32.7 Å². The molecular weight excluding hydrogens is 368 g/mol. The van der Waals surface area contributed by atoms with Gasteiger partial charge in [0.2, 0.25) is 20.0 Å². The lowest BCUT2D eigenvalue weighted by atomic mass is 10.1. The molecule has 0 aliphatic carbocycles. The van der Waals surface area contributed by atoms with Gasteiger partial charge in [0.05, 0.1) is 11.5 Å². The van der Waals surface area contributed by atoms with E-state index in [1.807, 2.05) is 0 Å². The number of piperidine rings is 1. The largest absolute Gasteiger partial charge is 0.335 e. The van der Waals surface area contributed by atoms with Gasteiger partial charge in [0.15, 0.2) is 0 Å². The number of nitrogens with zero attached hydrogens (tertiary/aromatic N) is 3. The van der Waals surface area contributed by atoms with Crippen molar-refractivity contribution >= 4 is 26.1 Å². The summed E-state index contributed by atoms with van der Waals surface area (Å²) in [4.78, 5) is 14.0. The first-order valence-electron chi connectivity index (χ1n) is 8.70. The van der Waals surface area contributed by atoms with E-state index < -0.39 is 20.0 Å². The molecule has 0 aromatic rings. The van der Waals surface area contributed by atoms with E-state index in [0.29, 0.717) is 52.1 Å². The van der Waals surface area contributed by atoms with Crippen LogP contribution in [0.4, 0.5) is 4.79 Å². The molecule has 2 rings (SSSR count). The Morgan fingerprint density at radius 2 is 1.28 bits per heavy atom. The Kier molecular flexibility index (Phi) is 6.68. The molecule has 2 amide bonds. The summed E-state index contributed by atoms with van der Waals surface area (Å²) in [6, 6.07) is -0.251. The van der Waals surface area contributed by atoms with Gasteiger partial charge in [-0.2, -0.15) is 4.31 Å². The lowest BCUT2D eigenvalue weighted by Gasteiger charge is -2.36. The van der Waals surface area contributed by atoms with Gasteiger partial charge in [-0.3, -0.25) is 0 Å². The summed E-state index contributed by atoms with van der Waals surface area (Å²) >= 11 is 0. The minimum absolute atomic E-state index is 0.0480. The molecule has 0 bridgehead atoms. The molecule has 0 spiro atoms. The average molecular weight is 397 g/mol. The van der Waals surface area contributed by atoms with Crippen LogP contribution in [0.15, 0.2) is 0 Å². The van der Waals surface area contributed by atoms with Crippen LogP contribution < -0.4 is 5.32 Å². The highest BCUT2D eigenvalue weighted by atomic mass is 32.2. The average Bonchev–Trinajstić information content (AvgIpc) is 2.62. The molecule has 2 saturated heterocycles. The first kappa shape index (κ1) is 20.4. The van der Waals surface area contributed by atoms with Crippen LogP contribution >= 0.6 is 0 Å². The van der Waals surface area contributed by atoms with Gasteiger partial charge in [-0.05, 0) is 26.7 Å². The number of amides is 2. The Morgan fingerprint density at radius 3 is 1.72 bits per heavy atom. The summed E-state index contributed by atoms with van der Waals surface area (Å²) < 4.78 is 50.3. The molecule has 9 nitrogen and oxygen atoms in total. The molecule has 2 aliphatic rings. The van der Waals surface area contributed by atoms with Crippen molar-refractivity contribution in [3.63, 3.8) is 0 Å². The SMILES string of the molecule is CCS(=O)(=O)N1CCC(NC(=O)N2CCN(S(=O)(=O)CC)CC2)CC1. The molecule has 0 aromatic heterocycles. The maximum Gasteiger partial charge on any atom is 0.317 e. The highest BCUT2D eigenvalue weighted by Gasteiger charge is 2.31. The van der Waals surface area contributed by atoms with E-state index in [2.05, 4.69) is 5.32 Å². The van der Waals surface area contributed by atoms with Crippen LogP contribution in [0, 0.1) is 0 Å². The van der Waals surface area contributed by atoms with Crippen molar-refractivity contribution in [1.29, 1.82) is 0 Å². The van der Waals surface area contributed by atoms with E-state index in [-0.39, 0.29) is 23.6 Å². The molecule has 0 atom stereocenters. The fraction of sp³-hybridized carbons (Fsp3) is 0.929. The molecule has 146 valence electrons. The molecule has 1 N–H and O–H groups in total. The van der Waals surface area contributed by atoms with Gasteiger partial charge in [0.25, 0.3) is 0 Å². The number of rotatable bonds is 5. The first-order valence-corrected chi connectivity index (χ1v) is 11.9. The van der Waals surface area contributed by atoms with Crippen molar-refractivity contribution in [2.24, 2.45) is 0 Å². The van der Waals surface area contributed by atoms with Crippen LogP contribution in [0.5, 0.6) is 0 Å². The Balaban J connectivity index is 1.79. The molecule has 2 heterocycles. The van der Waals surface area contributed by atoms with Crippen LogP contribution in [-0.2, 0) is 20.0 Å². The zero-order valence-electron chi connectivity index (χ0n) is 14.8. The van der Waals surface area contributed by atoms with Crippen molar-refractivity contribution in [3.8, 4) is 0 Å². The van der Waals surface area contributed by atoms with E-state index >= 15 is 0 Å². The predicted molar refractivity (Wildman–Crippen MR) is 95.2 cm³/mol. The van der Waals surface area contributed by atoms with Gasteiger partial charge in [0, 0.05) is 45.3 Å². The van der Waals surface area contributed by atoms with Gasteiger partial charge >= 0.3 is 6.03 Å². The second-order valence-electron chi connectivity index (χ2n) is 6.31. The number of carbonyl (C=O) groups is 1. The Bertz CT molecular complexity index is 663. The van der Waals surface area contributed by atoms with E-state index in [9.17, 15) is 21.6 Å². The predicted octanol–water partition coefficient (Wildman–Crippen LogP) is -0.523. The van der Waals surface area contributed by atoms with Gasteiger partial charge in [-0.1, -0.05) is 0 Å². The first-order chi connectivity index (χ1) is 11.7. The second kappa shape index (κ2) is 8.19. The van der Waals surface area contributed by atoms with Crippen LogP contribution in [0.3, 0.4) is 0 Å². The number of piperazine rings is 1. The molecule has 25 heavy (non-hydrogen) atoms.